The molecular formula is C31H29Cl2N3O8S2. The van der Waals surface area contributed by atoms with E-state index < -0.39 is 26.8 Å². The molecule has 2 aromatic heterocycles. The van der Waals surface area contributed by atoms with Crippen LogP contribution in [-0.4, -0.2) is 66.8 Å². The summed E-state index contributed by atoms with van der Waals surface area (Å²) >= 11 is 14.3. The van der Waals surface area contributed by atoms with Gasteiger partial charge in [-0.3, -0.25) is 4.79 Å². The largest absolute Gasteiger partial charge is 0.461 e. The van der Waals surface area contributed by atoms with Crippen molar-refractivity contribution >= 4 is 60.7 Å². The van der Waals surface area contributed by atoms with Crippen LogP contribution in [0.5, 0.6) is 5.19 Å². The van der Waals surface area contributed by atoms with E-state index in [9.17, 15) is 13.2 Å². The van der Waals surface area contributed by atoms with Crippen LogP contribution in [0.4, 0.5) is 0 Å². The minimum Gasteiger partial charge on any atom is -0.461 e. The van der Waals surface area contributed by atoms with Crippen LogP contribution in [0.2, 0.25) is 10.0 Å². The standard InChI is InChI=1S/C31H29Cl2N3O8S2/c1-31(9-10-31)46(38,39)36-29(37)16-7-8-20-23(11-16)45-30(34-20)43-22-14-42-27-21(13-41-28(22)27)40-12-17-25(35-44-26(17)15-5-6-15)24-18(32)3-2-4-19(24)33/h2-4,7-8,11,15,21-22,27-28H,5-6,9-10,12-14H2,1H3,(H,36,37)/t21-,22-,27-,28-/m1/s1. The van der Waals surface area contributed by atoms with Crippen LogP contribution in [0, 0.1) is 0 Å². The minimum absolute atomic E-state index is 0.229. The average molecular weight is 707 g/mol. The lowest BCUT2D eigenvalue weighted by atomic mass is 10.0. The van der Waals surface area contributed by atoms with Gasteiger partial charge in [-0.1, -0.05) is 45.8 Å². The Hall–Kier alpha value is -2.78. The maximum Gasteiger partial charge on any atom is 0.274 e. The van der Waals surface area contributed by atoms with Gasteiger partial charge in [-0.25, -0.2) is 18.1 Å². The summed E-state index contributed by atoms with van der Waals surface area (Å²) < 4.78 is 57.6. The molecule has 0 unspecified atom stereocenters. The van der Waals surface area contributed by atoms with Gasteiger partial charge in [0.1, 0.15) is 29.8 Å². The molecule has 4 aromatic rings. The number of aromatic nitrogens is 2. The van der Waals surface area contributed by atoms with Gasteiger partial charge in [0.2, 0.25) is 10.0 Å². The SMILES string of the molecule is CC1(S(=O)(=O)NC(=O)c2ccc3nc(O[C@@H]4CO[C@H]5[C@@H]4OC[C@H]5OCc4c(-c5c(Cl)cccc5Cl)noc4C4CC4)sc3c2)CC1. The van der Waals surface area contributed by atoms with Crippen molar-refractivity contribution in [3.05, 3.63) is 63.3 Å². The van der Waals surface area contributed by atoms with Crippen LogP contribution < -0.4 is 9.46 Å². The van der Waals surface area contributed by atoms with Crippen LogP contribution in [0.15, 0.2) is 40.9 Å². The molecule has 4 heterocycles. The van der Waals surface area contributed by atoms with Crippen molar-refractivity contribution in [3.8, 4) is 16.5 Å². The second kappa shape index (κ2) is 11.4. The number of ether oxygens (including phenoxy) is 4. The Bertz CT molecular complexity index is 1940. The maximum atomic E-state index is 12.7. The first-order chi connectivity index (χ1) is 22.1. The summed E-state index contributed by atoms with van der Waals surface area (Å²) in [6.07, 6.45) is 1.66. The Balaban J connectivity index is 0.933. The summed E-state index contributed by atoms with van der Waals surface area (Å²) in [5.41, 5.74) is 2.89. The molecule has 2 aliphatic carbocycles. The van der Waals surface area contributed by atoms with E-state index in [4.69, 9.17) is 46.7 Å². The number of carbonyl (C=O) groups is 1. The minimum atomic E-state index is -3.74. The highest BCUT2D eigenvalue weighted by Gasteiger charge is 2.51. The number of amides is 1. The molecule has 1 amide bonds. The lowest BCUT2D eigenvalue weighted by Gasteiger charge is -2.17. The van der Waals surface area contributed by atoms with Gasteiger partial charge in [0.25, 0.3) is 11.1 Å². The number of rotatable bonds is 10. The number of halogens is 2. The smallest absolute Gasteiger partial charge is 0.274 e. The molecule has 2 saturated heterocycles. The molecule has 4 fully saturated rings. The molecule has 0 radical (unpaired) electrons. The summed E-state index contributed by atoms with van der Waals surface area (Å²) in [5.74, 6) is 0.429. The first kappa shape index (κ1) is 30.5. The molecule has 0 spiro atoms. The predicted octanol–water partition coefficient (Wildman–Crippen LogP) is 5.88. The van der Waals surface area contributed by atoms with Crippen LogP contribution in [0.25, 0.3) is 21.5 Å². The number of nitrogens with one attached hydrogen (secondary N) is 1. The molecule has 4 aliphatic rings. The molecule has 242 valence electrons. The Morgan fingerprint density at radius 1 is 1.09 bits per heavy atom. The third-order valence-electron chi connectivity index (χ3n) is 9.08. The summed E-state index contributed by atoms with van der Waals surface area (Å²) in [6, 6.07) is 10.2. The second-order valence-electron chi connectivity index (χ2n) is 12.4. The van der Waals surface area contributed by atoms with E-state index in [0.29, 0.717) is 62.1 Å². The summed E-state index contributed by atoms with van der Waals surface area (Å²) in [4.78, 5) is 17.3. The second-order valence-corrected chi connectivity index (χ2v) is 16.4. The lowest BCUT2D eigenvalue weighted by molar-refractivity contribution is -0.0428. The zero-order chi connectivity index (χ0) is 31.8. The fraction of sp³-hybridized carbons (Fsp3) is 0.452. The fourth-order valence-corrected chi connectivity index (χ4v) is 8.62. The Morgan fingerprint density at radius 3 is 2.52 bits per heavy atom. The summed E-state index contributed by atoms with van der Waals surface area (Å²) in [7, 11) is -3.74. The van der Waals surface area contributed by atoms with Crippen molar-refractivity contribution in [3.63, 3.8) is 0 Å². The van der Waals surface area contributed by atoms with E-state index in [0.717, 1.165) is 24.2 Å². The molecule has 46 heavy (non-hydrogen) atoms. The Labute approximate surface area is 278 Å². The van der Waals surface area contributed by atoms with Crippen LogP contribution in [-0.2, 0) is 30.8 Å². The van der Waals surface area contributed by atoms with E-state index in [1.165, 1.54) is 11.3 Å². The molecule has 2 aliphatic heterocycles. The number of nitrogens with zero attached hydrogens (tertiary/aromatic N) is 2. The van der Waals surface area contributed by atoms with E-state index >= 15 is 0 Å². The van der Waals surface area contributed by atoms with Crippen molar-refractivity contribution in [2.45, 2.75) is 74.3 Å². The van der Waals surface area contributed by atoms with Gasteiger partial charge in [0.15, 0.2) is 6.10 Å². The number of fused-ring (bicyclic) bond motifs is 2. The van der Waals surface area contributed by atoms with E-state index in [1.807, 2.05) is 0 Å². The number of sulfonamides is 1. The zero-order valence-electron chi connectivity index (χ0n) is 24.5. The van der Waals surface area contributed by atoms with Gasteiger partial charge in [0.05, 0.1) is 44.8 Å². The maximum absolute atomic E-state index is 12.7. The molecule has 0 bridgehead atoms. The fourth-order valence-electron chi connectivity index (χ4n) is 5.89. The normalized spacial score (nSPS) is 25.1. The highest BCUT2D eigenvalue weighted by Crippen LogP contribution is 2.47. The van der Waals surface area contributed by atoms with Crippen molar-refractivity contribution in [2.24, 2.45) is 0 Å². The van der Waals surface area contributed by atoms with Crippen molar-refractivity contribution in [2.75, 3.05) is 13.2 Å². The highest BCUT2D eigenvalue weighted by molar-refractivity contribution is 7.91. The predicted molar refractivity (Wildman–Crippen MR) is 170 cm³/mol. The molecule has 2 aromatic carbocycles. The molecule has 1 N–H and O–H groups in total. The lowest BCUT2D eigenvalue weighted by Crippen LogP contribution is -2.38. The molecular weight excluding hydrogens is 677 g/mol. The molecule has 8 rings (SSSR count). The molecule has 2 saturated carbocycles. The van der Waals surface area contributed by atoms with E-state index in [2.05, 4.69) is 14.9 Å². The number of benzene rings is 2. The Kier molecular flexibility index (Phi) is 7.59. The first-order valence-corrected chi connectivity index (χ1v) is 18.1. The number of thiazole rings is 1. The van der Waals surface area contributed by atoms with Crippen molar-refractivity contribution in [1.82, 2.24) is 14.9 Å². The summed E-state index contributed by atoms with van der Waals surface area (Å²) in [5, 5.41) is 5.70. The van der Waals surface area contributed by atoms with Gasteiger partial charge >= 0.3 is 0 Å². The van der Waals surface area contributed by atoms with Crippen molar-refractivity contribution < 1.29 is 36.7 Å². The van der Waals surface area contributed by atoms with Crippen LogP contribution >= 0.6 is 34.5 Å². The Morgan fingerprint density at radius 2 is 1.80 bits per heavy atom. The third-order valence-corrected chi connectivity index (χ3v) is 12.8. The highest BCUT2D eigenvalue weighted by atomic mass is 35.5. The van der Waals surface area contributed by atoms with Crippen LogP contribution in [0.1, 0.15) is 60.2 Å². The zero-order valence-corrected chi connectivity index (χ0v) is 27.7. The quantitative estimate of drug-likeness (QED) is 0.213. The van der Waals surface area contributed by atoms with Gasteiger partial charge in [-0.05, 0) is 62.9 Å². The van der Waals surface area contributed by atoms with Gasteiger partial charge in [-0.15, -0.1) is 0 Å². The van der Waals surface area contributed by atoms with Crippen molar-refractivity contribution in [1.29, 1.82) is 0 Å². The van der Waals surface area contributed by atoms with Gasteiger partial charge in [0, 0.05) is 22.6 Å². The average Bonchev–Trinajstić information content (AvgIpc) is 3.80. The number of hydrogen-bond acceptors (Lipinski definition) is 11. The first-order valence-electron chi connectivity index (χ1n) is 15.0. The van der Waals surface area contributed by atoms with Crippen LogP contribution in [0.3, 0.4) is 0 Å². The topological polar surface area (TPSA) is 139 Å². The van der Waals surface area contributed by atoms with Gasteiger partial charge in [-0.2, -0.15) is 0 Å². The summed E-state index contributed by atoms with van der Waals surface area (Å²) in [6.45, 7) is 2.47. The number of carbonyl (C=O) groups excluding carboxylic acids is 1. The number of hydrogen-bond donors (Lipinski definition) is 1. The van der Waals surface area contributed by atoms with Gasteiger partial charge < -0.3 is 23.5 Å². The molecule has 11 nitrogen and oxygen atoms in total. The molecule has 4 atom stereocenters. The van der Waals surface area contributed by atoms with E-state index in [1.54, 1.807) is 43.3 Å². The third kappa shape index (κ3) is 5.49. The monoisotopic (exact) mass is 705 g/mol. The van der Waals surface area contributed by atoms with E-state index in [-0.39, 0.29) is 37.1 Å². The molecule has 15 heteroatoms.